The lowest BCUT2D eigenvalue weighted by molar-refractivity contribution is -0.132. The number of hydrogen-bond acceptors (Lipinski definition) is 4. The van der Waals surface area contributed by atoms with Gasteiger partial charge in [-0.2, -0.15) is 0 Å². The molecule has 1 aromatic rings. The number of aldehydes is 1. The number of carbonyl (C=O) groups is 2. The first kappa shape index (κ1) is 11.8. The number of carbonyl (C=O) groups excluding carboxylic acids is 2. The fraction of sp³-hybridized carbons (Fsp3) is 0.385. The second kappa shape index (κ2) is 5.59. The van der Waals surface area contributed by atoms with E-state index in [9.17, 15) is 9.59 Å². The highest BCUT2D eigenvalue weighted by molar-refractivity contribution is 5.89. The highest BCUT2D eigenvalue weighted by Gasteiger charge is 2.21. The minimum absolute atomic E-state index is 0.113. The van der Waals surface area contributed by atoms with Crippen molar-refractivity contribution in [2.45, 2.75) is 12.8 Å². The van der Waals surface area contributed by atoms with E-state index in [0.29, 0.717) is 18.7 Å². The normalized spacial score (nSPS) is 17.6. The maximum absolute atomic E-state index is 11.7. The Morgan fingerprint density at radius 2 is 1.88 bits per heavy atom. The lowest BCUT2D eigenvalue weighted by atomic mass is 10.0. The standard InChI is InChI=1S/C13H15NO3/c15-10-11-6-8-14(9-7-11)17-13(16)12-4-2-1-3-5-12/h1-5,10-11H,6-9H2. The van der Waals surface area contributed by atoms with Crippen molar-refractivity contribution in [1.82, 2.24) is 5.06 Å². The largest absolute Gasteiger partial charge is 0.364 e. The summed E-state index contributed by atoms with van der Waals surface area (Å²) in [6.07, 6.45) is 2.49. The smallest absolute Gasteiger partial charge is 0.357 e. The van der Waals surface area contributed by atoms with Gasteiger partial charge in [-0.3, -0.25) is 0 Å². The molecule has 1 aromatic carbocycles. The third-order valence-electron chi connectivity index (χ3n) is 2.91. The van der Waals surface area contributed by atoms with Gasteiger partial charge in [0.05, 0.1) is 5.56 Å². The van der Waals surface area contributed by atoms with Gasteiger partial charge in [-0.15, -0.1) is 5.06 Å². The molecule has 0 aliphatic carbocycles. The molecule has 2 rings (SSSR count). The third kappa shape index (κ3) is 3.14. The van der Waals surface area contributed by atoms with Gasteiger partial charge in [-0.25, -0.2) is 4.79 Å². The molecule has 1 aliphatic rings. The lowest BCUT2D eigenvalue weighted by Crippen LogP contribution is -2.36. The quantitative estimate of drug-likeness (QED) is 0.745. The van der Waals surface area contributed by atoms with Gasteiger partial charge in [0.25, 0.3) is 0 Å². The SMILES string of the molecule is O=CC1CCN(OC(=O)c2ccccc2)CC1. The van der Waals surface area contributed by atoms with Crippen LogP contribution in [0.25, 0.3) is 0 Å². The minimum Gasteiger partial charge on any atom is -0.364 e. The molecule has 90 valence electrons. The van der Waals surface area contributed by atoms with Gasteiger partial charge in [0.15, 0.2) is 0 Å². The summed E-state index contributed by atoms with van der Waals surface area (Å²) in [4.78, 5) is 27.6. The molecular formula is C13H15NO3. The van der Waals surface area contributed by atoms with Gasteiger partial charge >= 0.3 is 5.97 Å². The van der Waals surface area contributed by atoms with Crippen LogP contribution in [-0.2, 0) is 9.63 Å². The van der Waals surface area contributed by atoms with Crippen molar-refractivity contribution in [3.63, 3.8) is 0 Å². The summed E-state index contributed by atoms with van der Waals surface area (Å²) in [6.45, 7) is 1.25. The van der Waals surface area contributed by atoms with E-state index in [1.807, 2.05) is 6.07 Å². The number of nitrogens with zero attached hydrogens (tertiary/aromatic N) is 1. The summed E-state index contributed by atoms with van der Waals surface area (Å²) in [5.74, 6) is -0.225. The molecule has 4 heteroatoms. The summed E-state index contributed by atoms with van der Waals surface area (Å²) < 4.78 is 0. The molecule has 1 aliphatic heterocycles. The first-order chi connectivity index (χ1) is 8.29. The van der Waals surface area contributed by atoms with Crippen LogP contribution in [0.15, 0.2) is 30.3 Å². The third-order valence-corrected chi connectivity index (χ3v) is 2.91. The van der Waals surface area contributed by atoms with E-state index in [-0.39, 0.29) is 11.9 Å². The Hall–Kier alpha value is -1.68. The maximum atomic E-state index is 11.7. The summed E-state index contributed by atoms with van der Waals surface area (Å²) in [5.41, 5.74) is 0.546. The molecular weight excluding hydrogens is 218 g/mol. The molecule has 0 spiro atoms. The van der Waals surface area contributed by atoms with E-state index in [1.54, 1.807) is 29.3 Å². The van der Waals surface area contributed by atoms with Gasteiger partial charge in [-0.05, 0) is 25.0 Å². The van der Waals surface area contributed by atoms with Crippen LogP contribution in [0.1, 0.15) is 23.2 Å². The van der Waals surface area contributed by atoms with Crippen molar-refractivity contribution < 1.29 is 14.4 Å². The van der Waals surface area contributed by atoms with Gasteiger partial charge in [0.2, 0.25) is 0 Å². The number of benzene rings is 1. The average molecular weight is 233 g/mol. The molecule has 4 nitrogen and oxygen atoms in total. The van der Waals surface area contributed by atoms with Crippen molar-refractivity contribution in [1.29, 1.82) is 0 Å². The fourth-order valence-corrected chi connectivity index (χ4v) is 1.85. The van der Waals surface area contributed by atoms with E-state index in [2.05, 4.69) is 0 Å². The van der Waals surface area contributed by atoms with Crippen LogP contribution < -0.4 is 0 Å². The predicted octanol–water partition coefficient (Wildman–Crippen LogP) is 1.67. The van der Waals surface area contributed by atoms with Crippen molar-refractivity contribution in [3.8, 4) is 0 Å². The monoisotopic (exact) mass is 233 g/mol. The minimum atomic E-state index is -0.338. The summed E-state index contributed by atoms with van der Waals surface area (Å²) in [5, 5.41) is 1.63. The molecule has 0 N–H and O–H groups in total. The highest BCUT2D eigenvalue weighted by atomic mass is 16.7. The molecule has 0 saturated carbocycles. The van der Waals surface area contributed by atoms with Crippen LogP contribution in [0.2, 0.25) is 0 Å². The van der Waals surface area contributed by atoms with Crippen molar-refractivity contribution in [2.24, 2.45) is 5.92 Å². The van der Waals surface area contributed by atoms with Crippen molar-refractivity contribution >= 4 is 12.3 Å². The Balaban J connectivity index is 1.86. The summed E-state index contributed by atoms with van der Waals surface area (Å²) >= 11 is 0. The zero-order valence-corrected chi connectivity index (χ0v) is 9.54. The van der Waals surface area contributed by atoms with Crippen LogP contribution in [-0.4, -0.2) is 30.4 Å². The molecule has 0 bridgehead atoms. The Morgan fingerprint density at radius 3 is 2.47 bits per heavy atom. The molecule has 0 aromatic heterocycles. The van der Waals surface area contributed by atoms with E-state index in [4.69, 9.17) is 4.84 Å². The van der Waals surface area contributed by atoms with Crippen LogP contribution in [0.4, 0.5) is 0 Å². The molecule has 1 heterocycles. The van der Waals surface area contributed by atoms with Crippen LogP contribution in [0.5, 0.6) is 0 Å². The Labute approximate surface area is 100 Å². The zero-order valence-electron chi connectivity index (χ0n) is 9.54. The van der Waals surface area contributed by atoms with Gasteiger partial charge in [0.1, 0.15) is 6.29 Å². The first-order valence-electron chi connectivity index (χ1n) is 5.77. The number of hydrogen-bond donors (Lipinski definition) is 0. The lowest BCUT2D eigenvalue weighted by Gasteiger charge is -2.27. The van der Waals surface area contributed by atoms with Crippen LogP contribution in [0, 0.1) is 5.92 Å². The summed E-state index contributed by atoms with van der Waals surface area (Å²) in [7, 11) is 0. The predicted molar refractivity (Wildman–Crippen MR) is 62.2 cm³/mol. The van der Waals surface area contributed by atoms with Crippen LogP contribution >= 0.6 is 0 Å². The Bertz CT molecular complexity index is 383. The molecule has 1 fully saturated rings. The topological polar surface area (TPSA) is 46.6 Å². The Morgan fingerprint density at radius 1 is 1.24 bits per heavy atom. The zero-order chi connectivity index (χ0) is 12.1. The molecule has 0 unspecified atom stereocenters. The van der Waals surface area contributed by atoms with Crippen molar-refractivity contribution in [3.05, 3.63) is 35.9 Å². The van der Waals surface area contributed by atoms with Gasteiger partial charge < -0.3 is 9.63 Å². The molecule has 0 radical (unpaired) electrons. The molecule has 1 saturated heterocycles. The van der Waals surface area contributed by atoms with Crippen LogP contribution in [0.3, 0.4) is 0 Å². The fourth-order valence-electron chi connectivity index (χ4n) is 1.85. The molecule has 17 heavy (non-hydrogen) atoms. The second-order valence-electron chi connectivity index (χ2n) is 4.15. The van der Waals surface area contributed by atoms with Crippen molar-refractivity contribution in [2.75, 3.05) is 13.1 Å². The molecule has 0 atom stereocenters. The van der Waals surface area contributed by atoms with Gasteiger partial charge in [0, 0.05) is 19.0 Å². The number of piperidine rings is 1. The van der Waals surface area contributed by atoms with E-state index in [1.165, 1.54) is 0 Å². The van der Waals surface area contributed by atoms with E-state index in [0.717, 1.165) is 19.1 Å². The number of rotatable bonds is 3. The Kier molecular flexibility index (Phi) is 3.88. The summed E-state index contributed by atoms with van der Waals surface area (Å²) in [6, 6.07) is 8.90. The van der Waals surface area contributed by atoms with Gasteiger partial charge in [-0.1, -0.05) is 18.2 Å². The first-order valence-corrected chi connectivity index (χ1v) is 5.77. The molecule has 0 amide bonds. The number of hydroxylamine groups is 2. The van der Waals surface area contributed by atoms with E-state index >= 15 is 0 Å². The highest BCUT2D eigenvalue weighted by Crippen LogP contribution is 2.16. The van der Waals surface area contributed by atoms with E-state index < -0.39 is 0 Å². The maximum Gasteiger partial charge on any atom is 0.357 e. The average Bonchev–Trinajstić information content (AvgIpc) is 2.40. The second-order valence-corrected chi connectivity index (χ2v) is 4.15.